The van der Waals surface area contributed by atoms with Gasteiger partial charge in [-0.15, -0.1) is 0 Å². The lowest BCUT2D eigenvalue weighted by Crippen LogP contribution is -2.13. The van der Waals surface area contributed by atoms with Crippen molar-refractivity contribution in [2.24, 2.45) is 0 Å². The zero-order valence-electron chi connectivity index (χ0n) is 14.5. The second-order valence-electron chi connectivity index (χ2n) is 6.30. The van der Waals surface area contributed by atoms with Crippen LogP contribution < -0.4 is 0 Å². The van der Waals surface area contributed by atoms with Crippen LogP contribution in [0, 0.1) is 27.7 Å². The minimum atomic E-state index is -0.146. The summed E-state index contributed by atoms with van der Waals surface area (Å²) in [4.78, 5) is 21.3. The predicted octanol–water partition coefficient (Wildman–Crippen LogP) is 3.79. The monoisotopic (exact) mass is 319 g/mol. The van der Waals surface area contributed by atoms with Crippen molar-refractivity contribution < 1.29 is 4.79 Å². The molecule has 0 atom stereocenters. The van der Waals surface area contributed by atoms with Crippen LogP contribution in [0.1, 0.15) is 44.0 Å². The molecule has 0 unspecified atom stereocenters. The van der Waals surface area contributed by atoms with Crippen molar-refractivity contribution in [2.75, 3.05) is 0 Å². The van der Waals surface area contributed by atoms with Crippen molar-refractivity contribution >= 4 is 5.91 Å². The Morgan fingerprint density at radius 2 is 1.75 bits per heavy atom. The number of carbonyl (C=O) groups excluding carboxylic acids is 1. The third-order valence-electron chi connectivity index (χ3n) is 4.29. The lowest BCUT2D eigenvalue weighted by Gasteiger charge is -2.07. The highest BCUT2D eigenvalue weighted by Crippen LogP contribution is 2.17. The molecule has 2 heterocycles. The summed E-state index contributed by atoms with van der Waals surface area (Å²) in [5.74, 6) is -0.146. The Balaban J connectivity index is 1.86. The van der Waals surface area contributed by atoms with Crippen LogP contribution in [0.15, 0.2) is 43.0 Å². The molecule has 3 rings (SSSR count). The van der Waals surface area contributed by atoms with E-state index in [1.807, 2.05) is 19.9 Å². The number of pyridine rings is 1. The van der Waals surface area contributed by atoms with Gasteiger partial charge in [-0.2, -0.15) is 0 Å². The van der Waals surface area contributed by atoms with Gasteiger partial charge in [-0.05, 0) is 55.5 Å². The van der Waals surface area contributed by atoms with Crippen LogP contribution in [0.5, 0.6) is 0 Å². The highest BCUT2D eigenvalue weighted by Gasteiger charge is 2.14. The number of imidazole rings is 1. The average Bonchev–Trinajstić information content (AvgIpc) is 2.99. The van der Waals surface area contributed by atoms with Gasteiger partial charge in [0.1, 0.15) is 12.0 Å². The predicted molar refractivity (Wildman–Crippen MR) is 94.4 cm³/mol. The highest BCUT2D eigenvalue weighted by molar-refractivity contribution is 5.95. The van der Waals surface area contributed by atoms with Crippen LogP contribution in [0.25, 0.3) is 0 Å². The molecule has 0 bridgehead atoms. The maximum absolute atomic E-state index is 12.6. The van der Waals surface area contributed by atoms with E-state index in [0.29, 0.717) is 5.69 Å². The summed E-state index contributed by atoms with van der Waals surface area (Å²) >= 11 is 0. The van der Waals surface area contributed by atoms with Gasteiger partial charge >= 0.3 is 0 Å². The van der Waals surface area contributed by atoms with Crippen LogP contribution in [-0.4, -0.2) is 20.4 Å². The van der Waals surface area contributed by atoms with Gasteiger partial charge in [0.05, 0.1) is 5.69 Å². The molecule has 1 aromatic carbocycles. The summed E-state index contributed by atoms with van der Waals surface area (Å²) < 4.78 is 1.52. The molecule has 4 heteroatoms. The maximum Gasteiger partial charge on any atom is 0.281 e. The first-order chi connectivity index (χ1) is 11.5. The van der Waals surface area contributed by atoms with Crippen LogP contribution in [0.2, 0.25) is 0 Å². The van der Waals surface area contributed by atoms with E-state index in [2.05, 4.69) is 42.0 Å². The molecule has 0 N–H and O–H groups in total. The SMILES string of the molecule is Cc1cnc(C(=O)n2cnc(Cc3c(C)cccc3C)c2)c(C)c1. The minimum Gasteiger partial charge on any atom is -0.271 e. The average molecular weight is 319 g/mol. The van der Waals surface area contributed by atoms with Crippen molar-refractivity contribution in [1.82, 2.24) is 14.5 Å². The van der Waals surface area contributed by atoms with E-state index in [1.54, 1.807) is 18.7 Å². The Hall–Kier alpha value is -2.75. The molecule has 0 aliphatic rings. The summed E-state index contributed by atoms with van der Waals surface area (Å²) in [5, 5.41) is 0. The molecule has 4 nitrogen and oxygen atoms in total. The van der Waals surface area contributed by atoms with E-state index in [9.17, 15) is 4.79 Å². The molecular formula is C20H21N3O. The van der Waals surface area contributed by atoms with Gasteiger partial charge in [-0.25, -0.2) is 4.98 Å². The molecular weight excluding hydrogens is 298 g/mol. The zero-order valence-corrected chi connectivity index (χ0v) is 14.5. The molecule has 0 saturated carbocycles. The maximum atomic E-state index is 12.6. The molecule has 0 aliphatic carbocycles. The molecule has 0 amide bonds. The van der Waals surface area contributed by atoms with Gasteiger partial charge in [0.2, 0.25) is 0 Å². The van der Waals surface area contributed by atoms with Gasteiger partial charge in [0.25, 0.3) is 5.91 Å². The topological polar surface area (TPSA) is 47.8 Å². The second-order valence-corrected chi connectivity index (χ2v) is 6.30. The summed E-state index contributed by atoms with van der Waals surface area (Å²) in [7, 11) is 0. The fourth-order valence-electron chi connectivity index (χ4n) is 2.94. The lowest BCUT2D eigenvalue weighted by molar-refractivity contribution is 0.0954. The zero-order chi connectivity index (χ0) is 17.3. The molecule has 0 saturated heterocycles. The number of aryl methyl sites for hydroxylation is 4. The van der Waals surface area contributed by atoms with Crippen molar-refractivity contribution in [3.8, 4) is 0 Å². The summed E-state index contributed by atoms with van der Waals surface area (Å²) in [6, 6.07) is 8.23. The number of aromatic nitrogens is 3. The molecule has 2 aromatic heterocycles. The number of nitrogens with zero attached hydrogens (tertiary/aromatic N) is 3. The number of hydrogen-bond donors (Lipinski definition) is 0. The molecule has 0 fully saturated rings. The van der Waals surface area contributed by atoms with Crippen molar-refractivity contribution in [3.05, 3.63) is 82.2 Å². The third-order valence-corrected chi connectivity index (χ3v) is 4.29. The Morgan fingerprint density at radius 1 is 1.04 bits per heavy atom. The van der Waals surface area contributed by atoms with E-state index < -0.39 is 0 Å². The fraction of sp³-hybridized carbons (Fsp3) is 0.250. The van der Waals surface area contributed by atoms with E-state index in [0.717, 1.165) is 23.2 Å². The smallest absolute Gasteiger partial charge is 0.271 e. The molecule has 24 heavy (non-hydrogen) atoms. The first-order valence-electron chi connectivity index (χ1n) is 8.01. The quantitative estimate of drug-likeness (QED) is 0.738. The second kappa shape index (κ2) is 6.40. The summed E-state index contributed by atoms with van der Waals surface area (Å²) in [6.07, 6.45) is 5.81. The molecule has 0 radical (unpaired) electrons. The van der Waals surface area contributed by atoms with Crippen LogP contribution in [-0.2, 0) is 6.42 Å². The number of hydrogen-bond acceptors (Lipinski definition) is 3. The first kappa shape index (κ1) is 16.1. The Morgan fingerprint density at radius 3 is 2.42 bits per heavy atom. The van der Waals surface area contributed by atoms with E-state index >= 15 is 0 Å². The Kier molecular flexibility index (Phi) is 4.30. The van der Waals surface area contributed by atoms with Crippen molar-refractivity contribution in [3.63, 3.8) is 0 Å². The minimum absolute atomic E-state index is 0.146. The summed E-state index contributed by atoms with van der Waals surface area (Å²) in [5.41, 5.74) is 7.02. The Bertz CT molecular complexity index is 889. The normalized spacial score (nSPS) is 10.8. The standard InChI is InChI=1S/C20H21N3O/c1-13-8-16(4)19(21-10-13)20(24)23-11-17(22-12-23)9-18-14(2)6-5-7-15(18)3/h5-8,10-12H,9H2,1-4H3. The third kappa shape index (κ3) is 3.13. The van der Waals surface area contributed by atoms with E-state index in [1.165, 1.54) is 21.3 Å². The van der Waals surface area contributed by atoms with Gasteiger partial charge < -0.3 is 0 Å². The Labute approximate surface area is 142 Å². The van der Waals surface area contributed by atoms with Gasteiger partial charge in [0.15, 0.2) is 0 Å². The van der Waals surface area contributed by atoms with E-state index in [-0.39, 0.29) is 5.91 Å². The first-order valence-corrected chi connectivity index (χ1v) is 8.01. The van der Waals surface area contributed by atoms with Crippen molar-refractivity contribution in [1.29, 1.82) is 0 Å². The molecule has 122 valence electrons. The van der Waals surface area contributed by atoms with Gasteiger partial charge in [-0.1, -0.05) is 24.3 Å². The molecule has 0 spiro atoms. The van der Waals surface area contributed by atoms with Crippen LogP contribution in [0.3, 0.4) is 0 Å². The van der Waals surface area contributed by atoms with Crippen LogP contribution in [0.4, 0.5) is 0 Å². The number of benzene rings is 1. The van der Waals surface area contributed by atoms with Crippen molar-refractivity contribution in [2.45, 2.75) is 34.1 Å². The summed E-state index contributed by atoms with van der Waals surface area (Å²) in [6.45, 7) is 8.07. The van der Waals surface area contributed by atoms with E-state index in [4.69, 9.17) is 0 Å². The molecule has 0 aliphatic heterocycles. The van der Waals surface area contributed by atoms with Gasteiger partial charge in [-0.3, -0.25) is 14.3 Å². The fourth-order valence-corrected chi connectivity index (χ4v) is 2.94. The highest BCUT2D eigenvalue weighted by atomic mass is 16.2. The molecule has 3 aromatic rings. The van der Waals surface area contributed by atoms with Crippen LogP contribution >= 0.6 is 0 Å². The van der Waals surface area contributed by atoms with Gasteiger partial charge in [0, 0.05) is 18.8 Å². The largest absolute Gasteiger partial charge is 0.281 e. The number of rotatable bonds is 3. The number of carbonyl (C=O) groups is 1. The lowest BCUT2D eigenvalue weighted by atomic mass is 9.99.